The molecule has 4 N–H and O–H groups in total. The summed E-state index contributed by atoms with van der Waals surface area (Å²) in [5.41, 5.74) is 5.63. The normalized spacial score (nSPS) is 11.4. The molecule has 0 fully saturated rings. The van der Waals surface area contributed by atoms with E-state index in [0.717, 1.165) is 15.9 Å². The third kappa shape index (κ3) is 5.30. The smallest absolute Gasteiger partial charge is 0.318 e. The maximum Gasteiger partial charge on any atom is 0.318 e. The standard InChI is InChI=1S/C16H16BrN3O3/c1-10(15(21)20-16(18)22)19-12-4-8-14(9-5-12)23-13-6-2-11(17)3-7-13/h2-10,19H,1H3,(H3,18,20,21,22)/t10-/m0/s1. The van der Waals surface area contributed by atoms with Crippen molar-refractivity contribution in [2.24, 2.45) is 5.73 Å². The van der Waals surface area contributed by atoms with Crippen molar-refractivity contribution in [3.63, 3.8) is 0 Å². The zero-order valence-corrected chi connectivity index (χ0v) is 14.0. The van der Waals surface area contributed by atoms with E-state index < -0.39 is 18.0 Å². The minimum Gasteiger partial charge on any atom is -0.457 e. The minimum absolute atomic E-state index is 0.493. The summed E-state index contributed by atoms with van der Waals surface area (Å²) in [7, 11) is 0. The summed E-state index contributed by atoms with van der Waals surface area (Å²) in [5.74, 6) is 0.905. The SMILES string of the molecule is C[C@H](Nc1ccc(Oc2ccc(Br)cc2)cc1)C(=O)NC(N)=O. The molecule has 0 aromatic heterocycles. The van der Waals surface area contributed by atoms with Gasteiger partial charge in [0, 0.05) is 10.2 Å². The summed E-state index contributed by atoms with van der Waals surface area (Å²) in [4.78, 5) is 22.2. The number of hydrogen-bond donors (Lipinski definition) is 3. The van der Waals surface area contributed by atoms with Crippen LogP contribution >= 0.6 is 15.9 Å². The summed E-state index contributed by atoms with van der Waals surface area (Å²) in [6.45, 7) is 1.63. The highest BCUT2D eigenvalue weighted by Crippen LogP contribution is 2.24. The van der Waals surface area contributed by atoms with Crippen LogP contribution in [0.15, 0.2) is 53.0 Å². The molecule has 0 aliphatic rings. The lowest BCUT2D eigenvalue weighted by Gasteiger charge is -2.14. The number of imide groups is 1. The van der Waals surface area contributed by atoms with Gasteiger partial charge in [0.15, 0.2) is 0 Å². The number of urea groups is 1. The van der Waals surface area contributed by atoms with Crippen LogP contribution in [0.2, 0.25) is 0 Å². The molecule has 120 valence electrons. The summed E-state index contributed by atoms with van der Waals surface area (Å²) in [6.07, 6.45) is 0. The second kappa shape index (κ2) is 7.64. The molecule has 0 heterocycles. The Morgan fingerprint density at radius 2 is 1.57 bits per heavy atom. The van der Waals surface area contributed by atoms with Crippen LogP contribution < -0.4 is 21.1 Å². The Balaban J connectivity index is 1.95. The van der Waals surface area contributed by atoms with Crippen LogP contribution in [0, 0.1) is 0 Å². The van der Waals surface area contributed by atoms with E-state index in [1.807, 2.05) is 29.6 Å². The van der Waals surface area contributed by atoms with Crippen molar-refractivity contribution in [3.8, 4) is 11.5 Å². The van der Waals surface area contributed by atoms with Crippen LogP contribution in [0.5, 0.6) is 11.5 Å². The lowest BCUT2D eigenvalue weighted by atomic mass is 10.2. The van der Waals surface area contributed by atoms with E-state index in [1.165, 1.54) is 0 Å². The Hall–Kier alpha value is -2.54. The number of halogens is 1. The van der Waals surface area contributed by atoms with E-state index in [0.29, 0.717) is 5.75 Å². The molecule has 0 aliphatic carbocycles. The highest BCUT2D eigenvalue weighted by molar-refractivity contribution is 9.10. The molecule has 2 aromatic carbocycles. The first-order valence-electron chi connectivity index (χ1n) is 6.84. The molecule has 0 saturated heterocycles. The molecule has 0 unspecified atom stereocenters. The number of amides is 3. The quantitative estimate of drug-likeness (QED) is 0.745. The van der Waals surface area contributed by atoms with Crippen LogP contribution in [0.1, 0.15) is 6.92 Å². The van der Waals surface area contributed by atoms with Gasteiger partial charge in [0.1, 0.15) is 17.5 Å². The van der Waals surface area contributed by atoms with Crippen LogP contribution in [0.4, 0.5) is 10.5 Å². The number of carbonyl (C=O) groups is 2. The topological polar surface area (TPSA) is 93.4 Å². The van der Waals surface area contributed by atoms with Gasteiger partial charge in [0.2, 0.25) is 5.91 Å². The van der Waals surface area contributed by atoms with Gasteiger partial charge in [-0.2, -0.15) is 0 Å². The van der Waals surface area contributed by atoms with Gasteiger partial charge < -0.3 is 15.8 Å². The van der Waals surface area contributed by atoms with Crippen LogP contribution in [0.25, 0.3) is 0 Å². The Kier molecular flexibility index (Phi) is 5.59. The molecule has 1 atom stereocenters. The molecule has 2 aromatic rings. The lowest BCUT2D eigenvalue weighted by molar-refractivity contribution is -0.120. The molecular weight excluding hydrogens is 362 g/mol. The van der Waals surface area contributed by atoms with E-state index in [-0.39, 0.29) is 0 Å². The average molecular weight is 378 g/mol. The van der Waals surface area contributed by atoms with Gasteiger partial charge in [-0.3, -0.25) is 10.1 Å². The van der Waals surface area contributed by atoms with Gasteiger partial charge in [-0.05, 0) is 55.5 Å². The van der Waals surface area contributed by atoms with Crippen LogP contribution in [-0.4, -0.2) is 18.0 Å². The Morgan fingerprint density at radius 1 is 1.04 bits per heavy atom. The van der Waals surface area contributed by atoms with Crippen molar-refractivity contribution in [1.82, 2.24) is 5.32 Å². The second-order valence-electron chi connectivity index (χ2n) is 4.80. The zero-order valence-electron chi connectivity index (χ0n) is 12.4. The molecule has 0 bridgehead atoms. The second-order valence-corrected chi connectivity index (χ2v) is 5.72. The molecule has 0 spiro atoms. The molecule has 7 heteroatoms. The van der Waals surface area contributed by atoms with Crippen molar-refractivity contribution in [2.75, 3.05) is 5.32 Å². The predicted molar refractivity (Wildman–Crippen MR) is 91.5 cm³/mol. The van der Waals surface area contributed by atoms with Gasteiger partial charge >= 0.3 is 6.03 Å². The van der Waals surface area contributed by atoms with Crippen molar-refractivity contribution in [1.29, 1.82) is 0 Å². The average Bonchev–Trinajstić information content (AvgIpc) is 2.51. The fourth-order valence-corrected chi connectivity index (χ4v) is 2.07. The maximum absolute atomic E-state index is 11.6. The number of nitrogens with one attached hydrogen (secondary N) is 2. The monoisotopic (exact) mass is 377 g/mol. The third-order valence-electron chi connectivity index (χ3n) is 2.93. The number of primary amides is 1. The number of hydrogen-bond acceptors (Lipinski definition) is 4. The van der Waals surface area contributed by atoms with Gasteiger partial charge in [-0.1, -0.05) is 15.9 Å². The first kappa shape index (κ1) is 16.8. The van der Waals surface area contributed by atoms with E-state index in [1.54, 1.807) is 31.2 Å². The molecule has 23 heavy (non-hydrogen) atoms. The van der Waals surface area contributed by atoms with Gasteiger partial charge in [0.05, 0.1) is 0 Å². The molecule has 0 radical (unpaired) electrons. The first-order valence-corrected chi connectivity index (χ1v) is 7.63. The number of nitrogens with two attached hydrogens (primary N) is 1. The van der Waals surface area contributed by atoms with E-state index in [9.17, 15) is 9.59 Å². The number of rotatable bonds is 5. The van der Waals surface area contributed by atoms with E-state index in [2.05, 4.69) is 21.2 Å². The Labute approximate surface area is 142 Å². The Bertz CT molecular complexity index is 687. The maximum atomic E-state index is 11.6. The molecule has 2 rings (SSSR count). The number of benzene rings is 2. The van der Waals surface area contributed by atoms with Crippen molar-refractivity contribution in [2.45, 2.75) is 13.0 Å². The van der Waals surface area contributed by atoms with E-state index in [4.69, 9.17) is 10.5 Å². The van der Waals surface area contributed by atoms with Gasteiger partial charge in [0.25, 0.3) is 0 Å². The highest BCUT2D eigenvalue weighted by atomic mass is 79.9. The number of anilines is 1. The fraction of sp³-hybridized carbons (Fsp3) is 0.125. The van der Waals surface area contributed by atoms with Crippen LogP contribution in [0.3, 0.4) is 0 Å². The molecule has 6 nitrogen and oxygen atoms in total. The van der Waals surface area contributed by atoms with Crippen molar-refractivity contribution in [3.05, 3.63) is 53.0 Å². The lowest BCUT2D eigenvalue weighted by Crippen LogP contribution is -2.43. The molecular formula is C16H16BrN3O3. The molecule has 3 amide bonds. The number of ether oxygens (including phenoxy) is 1. The van der Waals surface area contributed by atoms with Crippen molar-refractivity contribution >= 4 is 33.6 Å². The largest absolute Gasteiger partial charge is 0.457 e. The summed E-state index contributed by atoms with van der Waals surface area (Å²) in [6, 6.07) is 13.1. The first-order chi connectivity index (χ1) is 10.9. The van der Waals surface area contributed by atoms with Crippen molar-refractivity contribution < 1.29 is 14.3 Å². The highest BCUT2D eigenvalue weighted by Gasteiger charge is 2.13. The van der Waals surface area contributed by atoms with Gasteiger partial charge in [-0.25, -0.2) is 4.79 Å². The molecule has 0 aliphatic heterocycles. The van der Waals surface area contributed by atoms with Gasteiger partial charge in [-0.15, -0.1) is 0 Å². The fourth-order valence-electron chi connectivity index (χ4n) is 1.80. The third-order valence-corrected chi connectivity index (χ3v) is 3.46. The zero-order chi connectivity index (χ0) is 16.8. The van der Waals surface area contributed by atoms with E-state index >= 15 is 0 Å². The predicted octanol–water partition coefficient (Wildman–Crippen LogP) is 3.24. The summed E-state index contributed by atoms with van der Waals surface area (Å²) < 4.78 is 6.68. The minimum atomic E-state index is -0.873. The number of carbonyl (C=O) groups excluding carboxylic acids is 2. The Morgan fingerprint density at radius 3 is 2.09 bits per heavy atom. The molecule has 0 saturated carbocycles. The van der Waals surface area contributed by atoms with Crippen LogP contribution in [-0.2, 0) is 4.79 Å². The summed E-state index contributed by atoms with van der Waals surface area (Å²) in [5, 5.41) is 4.98. The summed E-state index contributed by atoms with van der Waals surface area (Å²) >= 11 is 3.36.